The third kappa shape index (κ3) is 5.42. The van der Waals surface area contributed by atoms with Gasteiger partial charge >= 0.3 is 6.03 Å². The maximum absolute atomic E-state index is 11.7. The standard InChI is InChI=1S/C13H17BrN2O3/c14-12-4-2-1-3-11(12)5-6-15-13(19)16(7-9-17)8-10-18/h1-6,17-18H,7-10H2,(H,15,19)/b6-5+. The molecule has 0 unspecified atom stereocenters. The molecule has 1 rings (SSSR count). The zero-order valence-corrected chi connectivity index (χ0v) is 12.0. The molecule has 0 atom stereocenters. The summed E-state index contributed by atoms with van der Waals surface area (Å²) in [5.41, 5.74) is 0.943. The summed E-state index contributed by atoms with van der Waals surface area (Å²) in [5.74, 6) is 0. The summed E-state index contributed by atoms with van der Waals surface area (Å²) in [4.78, 5) is 13.1. The van der Waals surface area contributed by atoms with Crippen molar-refractivity contribution < 1.29 is 15.0 Å². The second-order valence-corrected chi connectivity index (χ2v) is 4.59. The number of halogens is 1. The molecular weight excluding hydrogens is 312 g/mol. The van der Waals surface area contributed by atoms with Crippen molar-refractivity contribution in [2.75, 3.05) is 26.3 Å². The maximum Gasteiger partial charge on any atom is 0.321 e. The van der Waals surface area contributed by atoms with Gasteiger partial charge < -0.3 is 20.4 Å². The lowest BCUT2D eigenvalue weighted by Gasteiger charge is -2.19. The van der Waals surface area contributed by atoms with E-state index in [1.807, 2.05) is 24.3 Å². The van der Waals surface area contributed by atoms with Gasteiger partial charge in [-0.1, -0.05) is 34.1 Å². The van der Waals surface area contributed by atoms with Crippen LogP contribution in [-0.2, 0) is 0 Å². The molecular formula is C13H17BrN2O3. The molecule has 3 N–H and O–H groups in total. The number of carbonyl (C=O) groups is 1. The van der Waals surface area contributed by atoms with Crippen molar-refractivity contribution in [2.45, 2.75) is 0 Å². The first-order chi connectivity index (χ1) is 9.19. The molecule has 1 aromatic rings. The van der Waals surface area contributed by atoms with E-state index in [-0.39, 0.29) is 32.3 Å². The van der Waals surface area contributed by atoms with Gasteiger partial charge in [0.15, 0.2) is 0 Å². The highest BCUT2D eigenvalue weighted by Gasteiger charge is 2.09. The van der Waals surface area contributed by atoms with E-state index in [2.05, 4.69) is 21.2 Å². The van der Waals surface area contributed by atoms with Gasteiger partial charge in [0.05, 0.1) is 13.2 Å². The molecule has 104 valence electrons. The minimum Gasteiger partial charge on any atom is -0.395 e. The van der Waals surface area contributed by atoms with Crippen LogP contribution in [0.5, 0.6) is 0 Å². The highest BCUT2D eigenvalue weighted by atomic mass is 79.9. The van der Waals surface area contributed by atoms with Crippen LogP contribution in [-0.4, -0.2) is 47.4 Å². The van der Waals surface area contributed by atoms with E-state index in [4.69, 9.17) is 10.2 Å². The van der Waals surface area contributed by atoms with Crippen LogP contribution in [0.2, 0.25) is 0 Å². The van der Waals surface area contributed by atoms with E-state index in [1.54, 1.807) is 6.08 Å². The number of rotatable bonds is 6. The van der Waals surface area contributed by atoms with Crippen molar-refractivity contribution in [3.05, 3.63) is 40.5 Å². The number of aliphatic hydroxyl groups excluding tert-OH is 2. The van der Waals surface area contributed by atoms with E-state index < -0.39 is 0 Å². The second kappa shape index (κ2) is 8.68. The van der Waals surface area contributed by atoms with Crippen LogP contribution in [0.15, 0.2) is 34.9 Å². The lowest BCUT2D eigenvalue weighted by Crippen LogP contribution is -2.41. The van der Waals surface area contributed by atoms with E-state index >= 15 is 0 Å². The van der Waals surface area contributed by atoms with Gasteiger partial charge in [0.25, 0.3) is 0 Å². The van der Waals surface area contributed by atoms with Gasteiger partial charge in [-0.3, -0.25) is 0 Å². The molecule has 0 aromatic heterocycles. The number of urea groups is 1. The molecule has 0 aliphatic heterocycles. The predicted octanol–water partition coefficient (Wildman–Crippen LogP) is 1.42. The molecule has 0 bridgehead atoms. The van der Waals surface area contributed by atoms with Gasteiger partial charge in [0.2, 0.25) is 0 Å². The zero-order valence-electron chi connectivity index (χ0n) is 10.4. The minimum absolute atomic E-state index is 0.138. The fourth-order valence-corrected chi connectivity index (χ4v) is 1.88. The molecule has 0 aliphatic carbocycles. The van der Waals surface area contributed by atoms with Crippen LogP contribution in [0.4, 0.5) is 4.79 Å². The molecule has 2 amide bonds. The summed E-state index contributed by atoms with van der Waals surface area (Å²) in [6, 6.07) is 7.27. The van der Waals surface area contributed by atoms with E-state index in [1.165, 1.54) is 11.1 Å². The summed E-state index contributed by atoms with van der Waals surface area (Å²) < 4.78 is 0.933. The molecule has 0 spiro atoms. The number of amides is 2. The molecule has 5 nitrogen and oxygen atoms in total. The van der Waals surface area contributed by atoms with Crippen LogP contribution < -0.4 is 5.32 Å². The van der Waals surface area contributed by atoms with E-state index in [0.29, 0.717) is 0 Å². The summed E-state index contributed by atoms with van der Waals surface area (Å²) in [7, 11) is 0. The normalized spacial score (nSPS) is 10.7. The molecule has 19 heavy (non-hydrogen) atoms. The van der Waals surface area contributed by atoms with Crippen molar-refractivity contribution in [3.8, 4) is 0 Å². The number of hydrogen-bond acceptors (Lipinski definition) is 3. The number of aliphatic hydroxyl groups is 2. The Hall–Kier alpha value is -1.37. The van der Waals surface area contributed by atoms with Crippen molar-refractivity contribution in [1.29, 1.82) is 0 Å². The molecule has 0 saturated carbocycles. The topological polar surface area (TPSA) is 72.8 Å². The van der Waals surface area contributed by atoms with Gasteiger partial charge in [-0.15, -0.1) is 0 Å². The number of nitrogens with one attached hydrogen (secondary N) is 1. The van der Waals surface area contributed by atoms with Gasteiger partial charge in [0.1, 0.15) is 0 Å². The highest BCUT2D eigenvalue weighted by molar-refractivity contribution is 9.10. The van der Waals surface area contributed by atoms with Crippen LogP contribution >= 0.6 is 15.9 Å². The molecule has 0 saturated heterocycles. The summed E-state index contributed by atoms with van der Waals surface area (Å²) in [6.45, 7) is 0.104. The Labute approximate surface area is 120 Å². The maximum atomic E-state index is 11.7. The van der Waals surface area contributed by atoms with Crippen LogP contribution in [0.1, 0.15) is 5.56 Å². The molecule has 1 aromatic carbocycles. The number of carbonyl (C=O) groups excluding carboxylic acids is 1. The van der Waals surface area contributed by atoms with Gasteiger partial charge in [0, 0.05) is 23.8 Å². The third-order valence-electron chi connectivity index (χ3n) is 2.40. The van der Waals surface area contributed by atoms with Crippen LogP contribution in [0.3, 0.4) is 0 Å². The summed E-state index contributed by atoms with van der Waals surface area (Å²) in [6.07, 6.45) is 3.29. The lowest BCUT2D eigenvalue weighted by molar-refractivity contribution is 0.161. The molecule has 0 radical (unpaired) electrons. The summed E-state index contributed by atoms with van der Waals surface area (Å²) >= 11 is 3.40. The molecule has 0 heterocycles. The predicted molar refractivity (Wildman–Crippen MR) is 77.5 cm³/mol. The summed E-state index contributed by atoms with van der Waals surface area (Å²) in [5, 5.41) is 20.2. The Bertz CT molecular complexity index is 432. The fraction of sp³-hybridized carbons (Fsp3) is 0.308. The SMILES string of the molecule is O=C(N/C=C/c1ccccc1Br)N(CCO)CCO. The Kier molecular flexibility index (Phi) is 7.17. The first-order valence-corrected chi connectivity index (χ1v) is 6.66. The number of hydrogen-bond donors (Lipinski definition) is 3. The van der Waals surface area contributed by atoms with E-state index in [0.717, 1.165) is 10.0 Å². The van der Waals surface area contributed by atoms with Gasteiger partial charge in [-0.25, -0.2) is 4.79 Å². The van der Waals surface area contributed by atoms with Crippen LogP contribution in [0.25, 0.3) is 6.08 Å². The smallest absolute Gasteiger partial charge is 0.321 e. The van der Waals surface area contributed by atoms with Crippen LogP contribution in [0, 0.1) is 0 Å². The average molecular weight is 329 g/mol. The zero-order chi connectivity index (χ0) is 14.1. The Balaban J connectivity index is 2.55. The highest BCUT2D eigenvalue weighted by Crippen LogP contribution is 2.16. The number of benzene rings is 1. The lowest BCUT2D eigenvalue weighted by atomic mass is 10.2. The molecule has 0 aliphatic rings. The van der Waals surface area contributed by atoms with Crippen molar-refractivity contribution >= 4 is 28.0 Å². The molecule has 6 heteroatoms. The van der Waals surface area contributed by atoms with E-state index in [9.17, 15) is 4.79 Å². The second-order valence-electron chi connectivity index (χ2n) is 3.74. The van der Waals surface area contributed by atoms with Gasteiger partial charge in [-0.2, -0.15) is 0 Å². The average Bonchev–Trinajstić information content (AvgIpc) is 2.40. The minimum atomic E-state index is -0.355. The van der Waals surface area contributed by atoms with Crippen molar-refractivity contribution in [1.82, 2.24) is 10.2 Å². The Morgan fingerprint density at radius 1 is 1.26 bits per heavy atom. The van der Waals surface area contributed by atoms with Crippen molar-refractivity contribution in [2.24, 2.45) is 0 Å². The largest absolute Gasteiger partial charge is 0.395 e. The number of nitrogens with zero attached hydrogens (tertiary/aromatic N) is 1. The Morgan fingerprint density at radius 2 is 1.89 bits per heavy atom. The monoisotopic (exact) mass is 328 g/mol. The quantitative estimate of drug-likeness (QED) is 0.739. The fourth-order valence-electron chi connectivity index (χ4n) is 1.46. The first-order valence-electron chi connectivity index (χ1n) is 5.87. The first kappa shape index (κ1) is 15.7. The Morgan fingerprint density at radius 3 is 2.47 bits per heavy atom. The molecule has 0 fully saturated rings. The third-order valence-corrected chi connectivity index (χ3v) is 3.12. The van der Waals surface area contributed by atoms with Gasteiger partial charge in [-0.05, 0) is 17.7 Å². The van der Waals surface area contributed by atoms with Crippen molar-refractivity contribution in [3.63, 3.8) is 0 Å².